The van der Waals surface area contributed by atoms with E-state index in [2.05, 4.69) is 56.4 Å². The van der Waals surface area contributed by atoms with E-state index in [1.807, 2.05) is 0 Å². The molecule has 0 aliphatic carbocycles. The molecule has 0 heterocycles. The molecular weight excluding hydrogens is 424 g/mol. The van der Waals surface area contributed by atoms with Crippen LogP contribution in [0.2, 0.25) is 0 Å². The van der Waals surface area contributed by atoms with Gasteiger partial charge in [-0.15, -0.1) is 0 Å². The zero-order valence-corrected chi connectivity index (χ0v) is 23.8. The summed E-state index contributed by atoms with van der Waals surface area (Å²) in [6, 6.07) is 0. The Labute approximate surface area is 220 Å². The minimum absolute atomic E-state index is 0.961. The first-order valence-electron chi connectivity index (χ1n) is 15.4. The van der Waals surface area contributed by atoms with Crippen LogP contribution in [0.3, 0.4) is 0 Å². The number of carbonyl (C=O) groups excluding carboxylic acids is 1. The highest BCUT2D eigenvalue weighted by atomic mass is 16.1. The summed E-state index contributed by atoms with van der Waals surface area (Å²) in [5, 5.41) is 0. The van der Waals surface area contributed by atoms with Crippen LogP contribution in [0.4, 0.5) is 0 Å². The van der Waals surface area contributed by atoms with Crippen molar-refractivity contribution in [3.8, 4) is 0 Å². The van der Waals surface area contributed by atoms with Gasteiger partial charge in [0.15, 0.2) is 0 Å². The molecule has 0 bridgehead atoms. The van der Waals surface area contributed by atoms with Crippen molar-refractivity contribution in [3.63, 3.8) is 0 Å². The zero-order valence-electron chi connectivity index (χ0n) is 23.8. The molecule has 0 aromatic carbocycles. The lowest BCUT2D eigenvalue weighted by atomic mass is 10.0. The first-order chi connectivity index (χ1) is 17.3. The Bertz CT molecular complexity index is 537. The summed E-state index contributed by atoms with van der Waals surface area (Å²) in [6.45, 7) is 4.53. The highest BCUT2D eigenvalue weighted by molar-refractivity contribution is 5.72. The monoisotopic (exact) mass is 484 g/mol. The Balaban J connectivity index is 3.51. The van der Waals surface area contributed by atoms with Gasteiger partial charge in [0.25, 0.3) is 0 Å². The van der Waals surface area contributed by atoms with Gasteiger partial charge < -0.3 is 0 Å². The third kappa shape index (κ3) is 28.8. The van der Waals surface area contributed by atoms with E-state index in [9.17, 15) is 4.79 Å². The van der Waals surface area contributed by atoms with Crippen molar-refractivity contribution in [2.45, 2.75) is 162 Å². The second kappa shape index (κ2) is 30.7. The van der Waals surface area contributed by atoms with Gasteiger partial charge in [-0.3, -0.25) is 4.79 Å². The second-order valence-electron chi connectivity index (χ2n) is 10.2. The number of rotatable bonds is 27. The van der Waals surface area contributed by atoms with Crippen LogP contribution in [-0.2, 0) is 4.79 Å². The van der Waals surface area contributed by atoms with E-state index in [1.165, 1.54) is 122 Å². The fraction of sp³-hybridized carbons (Fsp3) is 0.735. The third-order valence-corrected chi connectivity index (χ3v) is 6.69. The predicted octanol–water partition coefficient (Wildman–Crippen LogP) is 11.8. The maximum Gasteiger partial charge on any atom is 0.145 e. The zero-order chi connectivity index (χ0) is 25.5. The molecule has 202 valence electrons. The molecule has 0 rings (SSSR count). The van der Waals surface area contributed by atoms with Crippen LogP contribution in [0.15, 0.2) is 48.1 Å². The molecule has 0 N–H and O–H groups in total. The van der Waals surface area contributed by atoms with Crippen molar-refractivity contribution in [1.29, 1.82) is 0 Å². The number of hydrogen-bond acceptors (Lipinski definition) is 1. The SMILES string of the molecule is CCCCCC=CCC=CCCCCCCC=C(C=O)CCCCCC=CCCCCCCCC. The molecule has 0 unspecified atom stereocenters. The van der Waals surface area contributed by atoms with Crippen LogP contribution < -0.4 is 0 Å². The molecule has 0 aromatic rings. The van der Waals surface area contributed by atoms with Crippen LogP contribution in [0.1, 0.15) is 162 Å². The van der Waals surface area contributed by atoms with Gasteiger partial charge in [-0.1, -0.05) is 121 Å². The number of hydrogen-bond donors (Lipinski definition) is 0. The minimum Gasteiger partial charge on any atom is -0.298 e. The fourth-order valence-electron chi connectivity index (χ4n) is 4.32. The first-order valence-corrected chi connectivity index (χ1v) is 15.4. The Hall–Kier alpha value is -1.37. The number of unbranched alkanes of at least 4 members (excludes halogenated alkanes) is 17. The van der Waals surface area contributed by atoms with Gasteiger partial charge in [0.1, 0.15) is 6.29 Å². The molecule has 1 heteroatoms. The van der Waals surface area contributed by atoms with Gasteiger partial charge in [-0.05, 0) is 89.0 Å². The molecule has 0 fully saturated rings. The van der Waals surface area contributed by atoms with Crippen molar-refractivity contribution in [2.75, 3.05) is 0 Å². The highest BCUT2D eigenvalue weighted by Crippen LogP contribution is 2.13. The average Bonchev–Trinajstić information content (AvgIpc) is 2.87. The lowest BCUT2D eigenvalue weighted by Gasteiger charge is -2.02. The average molecular weight is 485 g/mol. The standard InChI is InChI=1S/C34H60O/c1-3-5-7-9-11-13-15-17-18-20-22-24-26-28-30-32-34(33-35)31-29-27-25-23-21-19-16-14-12-10-8-6-4-2/h11,13,17-19,21,32-33H,3-10,12,14-16,20,22-31H2,1-2H3. The van der Waals surface area contributed by atoms with E-state index in [4.69, 9.17) is 0 Å². The smallest absolute Gasteiger partial charge is 0.145 e. The summed E-state index contributed by atoms with van der Waals surface area (Å²) in [4.78, 5) is 11.3. The molecular formula is C34H60O. The molecule has 0 radical (unpaired) electrons. The quantitative estimate of drug-likeness (QED) is 0.0490. The Morgan fingerprint density at radius 3 is 1.40 bits per heavy atom. The van der Waals surface area contributed by atoms with Gasteiger partial charge in [0, 0.05) is 0 Å². The fourth-order valence-corrected chi connectivity index (χ4v) is 4.32. The van der Waals surface area contributed by atoms with Crippen LogP contribution in [0, 0.1) is 0 Å². The summed E-state index contributed by atoms with van der Waals surface area (Å²) < 4.78 is 0. The van der Waals surface area contributed by atoms with Crippen molar-refractivity contribution in [1.82, 2.24) is 0 Å². The summed E-state index contributed by atoms with van der Waals surface area (Å²) in [5.41, 5.74) is 1.02. The van der Waals surface area contributed by atoms with E-state index in [0.29, 0.717) is 0 Å². The summed E-state index contributed by atoms with van der Waals surface area (Å²) in [5.74, 6) is 0. The molecule has 0 spiro atoms. The van der Waals surface area contributed by atoms with Crippen molar-refractivity contribution in [2.24, 2.45) is 0 Å². The van der Waals surface area contributed by atoms with Crippen LogP contribution in [-0.4, -0.2) is 6.29 Å². The maximum absolute atomic E-state index is 11.3. The molecule has 1 nitrogen and oxygen atoms in total. The molecule has 0 atom stereocenters. The van der Waals surface area contributed by atoms with Gasteiger partial charge in [0.2, 0.25) is 0 Å². The van der Waals surface area contributed by atoms with Gasteiger partial charge in [0.05, 0.1) is 0 Å². The Morgan fingerprint density at radius 2 is 0.857 bits per heavy atom. The van der Waals surface area contributed by atoms with Gasteiger partial charge in [-0.2, -0.15) is 0 Å². The topological polar surface area (TPSA) is 17.1 Å². The normalized spacial score (nSPS) is 12.6. The minimum atomic E-state index is 0.961. The number of aldehydes is 1. The molecule has 35 heavy (non-hydrogen) atoms. The van der Waals surface area contributed by atoms with Crippen LogP contribution in [0.25, 0.3) is 0 Å². The Kier molecular flexibility index (Phi) is 29.5. The lowest BCUT2D eigenvalue weighted by molar-refractivity contribution is -0.105. The predicted molar refractivity (Wildman–Crippen MR) is 159 cm³/mol. The summed E-state index contributed by atoms with van der Waals surface area (Å²) >= 11 is 0. The van der Waals surface area contributed by atoms with Gasteiger partial charge in [-0.25, -0.2) is 0 Å². The summed E-state index contributed by atoms with van der Waals surface area (Å²) in [6.07, 6.45) is 46.3. The van der Waals surface area contributed by atoms with E-state index < -0.39 is 0 Å². The molecule has 0 saturated carbocycles. The molecule has 0 aliphatic heterocycles. The van der Waals surface area contributed by atoms with E-state index in [1.54, 1.807) is 0 Å². The first kappa shape index (κ1) is 33.6. The molecule has 0 aliphatic rings. The van der Waals surface area contributed by atoms with Crippen molar-refractivity contribution >= 4 is 6.29 Å². The lowest BCUT2D eigenvalue weighted by Crippen LogP contribution is -1.87. The van der Waals surface area contributed by atoms with E-state index in [0.717, 1.165) is 37.5 Å². The van der Waals surface area contributed by atoms with Crippen molar-refractivity contribution < 1.29 is 4.79 Å². The molecule has 0 amide bonds. The van der Waals surface area contributed by atoms with Crippen LogP contribution in [0.5, 0.6) is 0 Å². The van der Waals surface area contributed by atoms with Crippen molar-refractivity contribution in [3.05, 3.63) is 48.1 Å². The second-order valence-corrected chi connectivity index (χ2v) is 10.2. The summed E-state index contributed by atoms with van der Waals surface area (Å²) in [7, 11) is 0. The van der Waals surface area contributed by atoms with E-state index >= 15 is 0 Å². The maximum atomic E-state index is 11.3. The third-order valence-electron chi connectivity index (χ3n) is 6.69. The number of carbonyl (C=O) groups is 1. The molecule has 0 aromatic heterocycles. The largest absolute Gasteiger partial charge is 0.298 e. The number of allylic oxidation sites excluding steroid dienone is 8. The van der Waals surface area contributed by atoms with E-state index in [-0.39, 0.29) is 0 Å². The van der Waals surface area contributed by atoms with Gasteiger partial charge >= 0.3 is 0 Å². The highest BCUT2D eigenvalue weighted by Gasteiger charge is 1.97. The molecule has 0 saturated heterocycles. The van der Waals surface area contributed by atoms with Crippen LogP contribution >= 0.6 is 0 Å². The Morgan fingerprint density at radius 1 is 0.457 bits per heavy atom.